The number of benzene rings is 2. The number of fused-ring (bicyclic) bond motifs is 1. The Morgan fingerprint density at radius 2 is 1.70 bits per heavy atom. The van der Waals surface area contributed by atoms with Crippen LogP contribution in [0.2, 0.25) is 0 Å². The third-order valence-electron chi connectivity index (χ3n) is 7.33. The van der Waals surface area contributed by atoms with Crippen LogP contribution in [0.15, 0.2) is 89.7 Å². The molecule has 7 heteroatoms. The van der Waals surface area contributed by atoms with Gasteiger partial charge in [-0.15, -0.1) is 5.10 Å². The monoisotopic (exact) mass is 492 g/mol. The maximum absolute atomic E-state index is 5.62. The van der Waals surface area contributed by atoms with Crippen LogP contribution >= 0.6 is 0 Å². The van der Waals surface area contributed by atoms with E-state index in [9.17, 15) is 0 Å². The minimum absolute atomic E-state index is 0.583. The predicted molar refractivity (Wildman–Crippen MR) is 146 cm³/mol. The second kappa shape index (κ2) is 10.6. The number of likely N-dealkylation sites (tertiary alicyclic amines) is 1. The van der Waals surface area contributed by atoms with Crippen LogP contribution in [0.3, 0.4) is 0 Å². The number of rotatable bonds is 8. The third-order valence-corrected chi connectivity index (χ3v) is 7.33. The molecule has 0 spiro atoms. The van der Waals surface area contributed by atoms with Crippen LogP contribution in [-0.2, 0) is 13.0 Å². The summed E-state index contributed by atoms with van der Waals surface area (Å²) in [6, 6.07) is 25.2. The Balaban J connectivity index is 1.23. The summed E-state index contributed by atoms with van der Waals surface area (Å²) in [6.45, 7) is 3.75. The molecule has 188 valence electrons. The smallest absolute Gasteiger partial charge is 0.228 e. The van der Waals surface area contributed by atoms with Gasteiger partial charge in [-0.1, -0.05) is 60.7 Å². The molecular formula is C30H32N6O. The number of piperidine rings is 1. The Morgan fingerprint density at radius 1 is 0.946 bits per heavy atom. The Bertz CT molecular complexity index is 1420. The molecule has 0 amide bonds. The van der Waals surface area contributed by atoms with Crippen LogP contribution in [0, 0.1) is 0 Å². The van der Waals surface area contributed by atoms with Gasteiger partial charge in [0, 0.05) is 31.9 Å². The van der Waals surface area contributed by atoms with Gasteiger partial charge < -0.3 is 9.32 Å². The topological polar surface area (TPSA) is 62.7 Å². The van der Waals surface area contributed by atoms with E-state index >= 15 is 0 Å². The molecule has 0 bridgehead atoms. The maximum atomic E-state index is 5.62. The average Bonchev–Trinajstić information content (AvgIpc) is 3.64. The van der Waals surface area contributed by atoms with Gasteiger partial charge in [0.15, 0.2) is 11.4 Å². The zero-order valence-corrected chi connectivity index (χ0v) is 21.2. The highest BCUT2D eigenvalue weighted by atomic mass is 16.3. The standard InChI is InChI=1S/C30H32N6O/c1-34(17-14-23-9-4-2-5-10-23)30-31-21-26(29-32-28(33-36(29)30)27-13-8-20-37-27)22-35-18-15-25(16-19-35)24-11-6-3-7-12-24/h2-13,20-21,25H,14-19,22H2,1H3. The molecule has 1 aliphatic rings. The Hall–Kier alpha value is -3.97. The lowest BCUT2D eigenvalue weighted by Crippen LogP contribution is -2.33. The summed E-state index contributed by atoms with van der Waals surface area (Å²) in [5.41, 5.74) is 4.68. The van der Waals surface area contributed by atoms with E-state index < -0.39 is 0 Å². The van der Waals surface area contributed by atoms with E-state index in [2.05, 4.69) is 71.4 Å². The van der Waals surface area contributed by atoms with Crippen molar-refractivity contribution in [3.63, 3.8) is 0 Å². The summed E-state index contributed by atoms with van der Waals surface area (Å²) in [5, 5.41) is 4.83. The number of nitrogens with zero attached hydrogens (tertiary/aromatic N) is 6. The van der Waals surface area contributed by atoms with E-state index in [0.717, 1.165) is 49.8 Å². The van der Waals surface area contributed by atoms with Crippen molar-refractivity contribution in [2.45, 2.75) is 31.7 Å². The van der Waals surface area contributed by atoms with E-state index in [1.165, 1.54) is 24.0 Å². The number of hydrogen-bond acceptors (Lipinski definition) is 6. The molecule has 37 heavy (non-hydrogen) atoms. The summed E-state index contributed by atoms with van der Waals surface area (Å²) in [6.07, 6.45) is 6.90. The second-order valence-electron chi connectivity index (χ2n) is 9.85. The van der Waals surface area contributed by atoms with Crippen molar-refractivity contribution in [2.24, 2.45) is 0 Å². The zero-order chi connectivity index (χ0) is 25.0. The van der Waals surface area contributed by atoms with Gasteiger partial charge in [-0.2, -0.15) is 4.52 Å². The zero-order valence-electron chi connectivity index (χ0n) is 21.2. The molecule has 0 N–H and O–H groups in total. The number of aromatic nitrogens is 4. The largest absolute Gasteiger partial charge is 0.461 e. The summed E-state index contributed by atoms with van der Waals surface area (Å²) in [5.74, 6) is 2.66. The first kappa shape index (κ1) is 23.4. The van der Waals surface area contributed by atoms with Crippen molar-refractivity contribution >= 4 is 11.6 Å². The number of furan rings is 1. The van der Waals surface area contributed by atoms with Crippen LogP contribution in [0.4, 0.5) is 5.95 Å². The Kier molecular flexibility index (Phi) is 6.69. The van der Waals surface area contributed by atoms with Crippen molar-refractivity contribution in [1.29, 1.82) is 0 Å². The highest BCUT2D eigenvalue weighted by molar-refractivity contribution is 5.58. The maximum Gasteiger partial charge on any atom is 0.228 e. The number of likely N-dealkylation sites (N-methyl/N-ethyl adjacent to an activating group) is 1. The minimum atomic E-state index is 0.583. The quantitative estimate of drug-likeness (QED) is 0.287. The SMILES string of the molecule is CN(CCc1ccccc1)c1ncc(CN2CCC(c3ccccc3)CC2)c2nc(-c3ccco3)nn12. The van der Waals surface area contributed by atoms with Crippen LogP contribution in [0.1, 0.15) is 35.4 Å². The first-order valence-corrected chi connectivity index (χ1v) is 13.1. The van der Waals surface area contributed by atoms with Crippen molar-refractivity contribution in [2.75, 3.05) is 31.6 Å². The van der Waals surface area contributed by atoms with Gasteiger partial charge in [0.1, 0.15) is 0 Å². The molecule has 0 unspecified atom stereocenters. The highest BCUT2D eigenvalue weighted by Gasteiger charge is 2.23. The first-order chi connectivity index (χ1) is 18.2. The van der Waals surface area contributed by atoms with Gasteiger partial charge in [-0.05, 0) is 61.5 Å². The molecule has 0 atom stereocenters. The minimum Gasteiger partial charge on any atom is -0.461 e. The fourth-order valence-electron chi connectivity index (χ4n) is 5.22. The summed E-state index contributed by atoms with van der Waals surface area (Å²) < 4.78 is 7.50. The lowest BCUT2D eigenvalue weighted by molar-refractivity contribution is 0.205. The summed E-state index contributed by atoms with van der Waals surface area (Å²) >= 11 is 0. The molecule has 2 aromatic carbocycles. The average molecular weight is 493 g/mol. The van der Waals surface area contributed by atoms with Gasteiger partial charge in [0.2, 0.25) is 11.8 Å². The van der Waals surface area contributed by atoms with E-state index in [1.54, 1.807) is 6.26 Å². The van der Waals surface area contributed by atoms with Crippen LogP contribution in [0.5, 0.6) is 0 Å². The van der Waals surface area contributed by atoms with Gasteiger partial charge in [0.25, 0.3) is 0 Å². The Labute approximate surface area is 217 Å². The fourth-order valence-corrected chi connectivity index (χ4v) is 5.22. The summed E-state index contributed by atoms with van der Waals surface area (Å²) in [7, 11) is 2.06. The summed E-state index contributed by atoms with van der Waals surface area (Å²) in [4.78, 5) is 14.4. The van der Waals surface area contributed by atoms with E-state index in [-0.39, 0.29) is 0 Å². The molecule has 6 rings (SSSR count). The van der Waals surface area contributed by atoms with Gasteiger partial charge in [-0.25, -0.2) is 9.97 Å². The molecule has 3 aromatic heterocycles. The molecule has 0 radical (unpaired) electrons. The first-order valence-electron chi connectivity index (χ1n) is 13.1. The fraction of sp³-hybridized carbons (Fsp3) is 0.300. The van der Waals surface area contributed by atoms with Gasteiger partial charge in [-0.3, -0.25) is 4.90 Å². The van der Waals surface area contributed by atoms with Gasteiger partial charge >= 0.3 is 0 Å². The second-order valence-corrected chi connectivity index (χ2v) is 9.85. The molecule has 0 aliphatic carbocycles. The van der Waals surface area contributed by atoms with Crippen molar-refractivity contribution < 1.29 is 4.42 Å². The number of anilines is 1. The van der Waals surface area contributed by atoms with Crippen LogP contribution in [-0.4, -0.2) is 51.2 Å². The highest BCUT2D eigenvalue weighted by Crippen LogP contribution is 2.29. The third kappa shape index (κ3) is 5.13. The molecule has 1 saturated heterocycles. The molecule has 0 saturated carbocycles. The molecule has 1 fully saturated rings. The van der Waals surface area contributed by atoms with E-state index in [0.29, 0.717) is 17.5 Å². The predicted octanol–water partition coefficient (Wildman–Crippen LogP) is 5.44. The lowest BCUT2D eigenvalue weighted by Gasteiger charge is -2.32. The number of hydrogen-bond donors (Lipinski definition) is 0. The van der Waals surface area contributed by atoms with Crippen LogP contribution < -0.4 is 4.90 Å². The molecule has 5 aromatic rings. The van der Waals surface area contributed by atoms with Crippen molar-refractivity contribution in [3.8, 4) is 11.6 Å². The lowest BCUT2D eigenvalue weighted by atomic mass is 9.89. The van der Waals surface area contributed by atoms with Crippen LogP contribution in [0.25, 0.3) is 17.2 Å². The Morgan fingerprint density at radius 3 is 2.43 bits per heavy atom. The molecule has 4 heterocycles. The van der Waals surface area contributed by atoms with E-state index in [4.69, 9.17) is 19.5 Å². The van der Waals surface area contributed by atoms with Crippen molar-refractivity contribution in [3.05, 3.63) is 102 Å². The van der Waals surface area contributed by atoms with E-state index in [1.807, 2.05) is 28.9 Å². The van der Waals surface area contributed by atoms with Crippen molar-refractivity contribution in [1.82, 2.24) is 24.5 Å². The molecule has 7 nitrogen and oxygen atoms in total. The van der Waals surface area contributed by atoms with Gasteiger partial charge in [0.05, 0.1) is 6.26 Å². The molecule has 1 aliphatic heterocycles. The normalized spacial score (nSPS) is 14.8. The molecular weight excluding hydrogens is 460 g/mol.